The minimum absolute atomic E-state index is 0.381. The summed E-state index contributed by atoms with van der Waals surface area (Å²) >= 11 is 0. The summed E-state index contributed by atoms with van der Waals surface area (Å²) in [4.78, 5) is 11.6. The summed E-state index contributed by atoms with van der Waals surface area (Å²) in [6.45, 7) is 4.87. The summed E-state index contributed by atoms with van der Waals surface area (Å²) in [5.74, 6) is -1.59. The van der Waals surface area contributed by atoms with Gasteiger partial charge >= 0.3 is 16.3 Å². The number of carbonyl (C=O) groups is 1. The van der Waals surface area contributed by atoms with E-state index in [0.717, 1.165) is 4.31 Å². The zero-order valence-corrected chi connectivity index (χ0v) is 12.7. The maximum absolute atomic E-state index is 13.6. The SMILES string of the molecule is CN(C)S(=O)(=O)n1ncc(F)c1NC(=O)OC(C)(C)C. The molecule has 1 amide bonds. The highest BCUT2D eigenvalue weighted by molar-refractivity contribution is 7.87. The Hall–Kier alpha value is -1.68. The fraction of sp³-hybridized carbons (Fsp3) is 0.600. The molecule has 0 aliphatic heterocycles. The van der Waals surface area contributed by atoms with Crippen molar-refractivity contribution >= 4 is 22.1 Å². The van der Waals surface area contributed by atoms with Crippen LogP contribution in [0, 0.1) is 5.82 Å². The smallest absolute Gasteiger partial charge is 0.413 e. The maximum Gasteiger partial charge on any atom is 0.413 e. The summed E-state index contributed by atoms with van der Waals surface area (Å²) in [6, 6.07) is 0. The molecule has 0 aliphatic carbocycles. The second-order valence-electron chi connectivity index (χ2n) is 5.10. The number of halogens is 1. The van der Waals surface area contributed by atoms with Crippen LogP contribution in [0.5, 0.6) is 0 Å². The molecule has 1 rings (SSSR count). The van der Waals surface area contributed by atoms with Crippen LogP contribution < -0.4 is 5.32 Å². The molecular formula is C10H17FN4O4S. The van der Waals surface area contributed by atoms with Crippen LogP contribution in [0.2, 0.25) is 0 Å². The summed E-state index contributed by atoms with van der Waals surface area (Å²) < 4.78 is 43.5. The average molecular weight is 308 g/mol. The van der Waals surface area contributed by atoms with Gasteiger partial charge in [-0.25, -0.2) is 9.18 Å². The van der Waals surface area contributed by atoms with Gasteiger partial charge in [0, 0.05) is 14.1 Å². The van der Waals surface area contributed by atoms with Gasteiger partial charge in [-0.2, -0.15) is 17.8 Å². The van der Waals surface area contributed by atoms with Crippen LogP contribution in [-0.4, -0.2) is 47.7 Å². The quantitative estimate of drug-likeness (QED) is 0.900. The Kier molecular flexibility index (Phi) is 4.39. The van der Waals surface area contributed by atoms with Crippen molar-refractivity contribution in [1.82, 2.24) is 13.5 Å². The van der Waals surface area contributed by atoms with Gasteiger partial charge in [0.25, 0.3) is 0 Å². The number of carbonyl (C=O) groups excluding carboxylic acids is 1. The van der Waals surface area contributed by atoms with Gasteiger partial charge in [-0.15, -0.1) is 4.09 Å². The molecule has 20 heavy (non-hydrogen) atoms. The molecule has 1 aromatic heterocycles. The molecular weight excluding hydrogens is 291 g/mol. The van der Waals surface area contributed by atoms with E-state index in [1.165, 1.54) is 14.1 Å². The van der Waals surface area contributed by atoms with Crippen molar-refractivity contribution in [3.63, 3.8) is 0 Å². The van der Waals surface area contributed by atoms with Crippen molar-refractivity contribution in [1.29, 1.82) is 0 Å². The number of aromatic nitrogens is 2. The number of rotatable bonds is 3. The Bertz CT molecular complexity index is 603. The van der Waals surface area contributed by atoms with Crippen LogP contribution >= 0.6 is 0 Å². The number of hydrogen-bond donors (Lipinski definition) is 1. The van der Waals surface area contributed by atoms with E-state index < -0.39 is 33.5 Å². The Balaban J connectivity index is 3.09. The molecule has 1 aromatic rings. The van der Waals surface area contributed by atoms with Gasteiger partial charge in [0.15, 0.2) is 11.6 Å². The van der Waals surface area contributed by atoms with Gasteiger partial charge < -0.3 is 4.74 Å². The monoisotopic (exact) mass is 308 g/mol. The standard InChI is InChI=1S/C10H17FN4O4S/c1-10(2,3)19-9(16)13-8-7(11)6-12-15(8)20(17,18)14(4)5/h6H,1-5H3,(H,13,16). The summed E-state index contributed by atoms with van der Waals surface area (Å²) in [6.07, 6.45) is -0.291. The topological polar surface area (TPSA) is 93.5 Å². The normalized spacial score (nSPS) is 12.6. The molecule has 0 atom stereocenters. The molecule has 0 aromatic carbocycles. The largest absolute Gasteiger partial charge is 0.444 e. The number of nitrogens with zero attached hydrogens (tertiary/aromatic N) is 3. The van der Waals surface area contributed by atoms with E-state index in [9.17, 15) is 17.6 Å². The molecule has 0 saturated heterocycles. The molecule has 0 fully saturated rings. The highest BCUT2D eigenvalue weighted by Gasteiger charge is 2.26. The van der Waals surface area contributed by atoms with Gasteiger partial charge in [0.1, 0.15) is 5.60 Å². The molecule has 1 heterocycles. The predicted octanol–water partition coefficient (Wildman–Crippen LogP) is 1.02. The van der Waals surface area contributed by atoms with E-state index in [4.69, 9.17) is 4.74 Å². The lowest BCUT2D eigenvalue weighted by Crippen LogP contribution is -2.33. The van der Waals surface area contributed by atoms with E-state index in [1.807, 2.05) is 5.32 Å². The fourth-order valence-corrected chi connectivity index (χ4v) is 1.99. The first-order valence-corrected chi connectivity index (χ1v) is 7.01. The van der Waals surface area contributed by atoms with Crippen molar-refractivity contribution in [2.75, 3.05) is 19.4 Å². The fourth-order valence-electron chi connectivity index (χ4n) is 1.15. The van der Waals surface area contributed by atoms with Crippen LogP contribution in [0.15, 0.2) is 6.20 Å². The van der Waals surface area contributed by atoms with Gasteiger partial charge in [0.2, 0.25) is 0 Å². The molecule has 114 valence electrons. The zero-order valence-electron chi connectivity index (χ0n) is 11.8. The van der Waals surface area contributed by atoms with Crippen LogP contribution in [0.3, 0.4) is 0 Å². The number of ether oxygens (including phenoxy) is 1. The lowest BCUT2D eigenvalue weighted by Gasteiger charge is -2.20. The molecule has 0 bridgehead atoms. The van der Waals surface area contributed by atoms with Gasteiger partial charge in [0.05, 0.1) is 6.20 Å². The second-order valence-corrected chi connectivity index (χ2v) is 7.07. The second kappa shape index (κ2) is 5.37. The molecule has 10 heteroatoms. The predicted molar refractivity (Wildman–Crippen MR) is 70.0 cm³/mol. The Morgan fingerprint density at radius 1 is 1.45 bits per heavy atom. The number of anilines is 1. The first-order chi connectivity index (χ1) is 8.95. The Morgan fingerprint density at radius 3 is 2.45 bits per heavy atom. The van der Waals surface area contributed by atoms with E-state index in [1.54, 1.807) is 20.8 Å². The number of amides is 1. The Labute approximate surface area is 116 Å². The number of hydrogen-bond acceptors (Lipinski definition) is 5. The van der Waals surface area contributed by atoms with Crippen molar-refractivity contribution in [2.45, 2.75) is 26.4 Å². The van der Waals surface area contributed by atoms with Crippen molar-refractivity contribution in [3.8, 4) is 0 Å². The third-order valence-electron chi connectivity index (χ3n) is 1.99. The van der Waals surface area contributed by atoms with Crippen molar-refractivity contribution in [3.05, 3.63) is 12.0 Å². The highest BCUT2D eigenvalue weighted by atomic mass is 32.2. The van der Waals surface area contributed by atoms with Gasteiger partial charge in [-0.1, -0.05) is 0 Å². The van der Waals surface area contributed by atoms with E-state index in [2.05, 4.69) is 5.10 Å². The van der Waals surface area contributed by atoms with Crippen LogP contribution in [0.1, 0.15) is 20.8 Å². The first-order valence-electron chi connectivity index (χ1n) is 5.61. The minimum atomic E-state index is -4.05. The third-order valence-corrected chi connectivity index (χ3v) is 3.63. The Morgan fingerprint density at radius 2 is 2.00 bits per heavy atom. The van der Waals surface area contributed by atoms with E-state index in [0.29, 0.717) is 10.3 Å². The van der Waals surface area contributed by atoms with Crippen LogP contribution in [0.25, 0.3) is 0 Å². The molecule has 0 unspecified atom stereocenters. The van der Waals surface area contributed by atoms with Crippen LogP contribution in [0.4, 0.5) is 15.0 Å². The minimum Gasteiger partial charge on any atom is -0.444 e. The van der Waals surface area contributed by atoms with Crippen LogP contribution in [-0.2, 0) is 14.9 Å². The zero-order chi connectivity index (χ0) is 15.7. The molecule has 8 nitrogen and oxygen atoms in total. The third kappa shape index (κ3) is 3.67. The molecule has 0 radical (unpaired) electrons. The number of nitrogens with one attached hydrogen (secondary N) is 1. The lowest BCUT2D eigenvalue weighted by molar-refractivity contribution is 0.0634. The lowest BCUT2D eigenvalue weighted by atomic mass is 10.2. The van der Waals surface area contributed by atoms with E-state index >= 15 is 0 Å². The average Bonchev–Trinajstić information content (AvgIpc) is 2.57. The summed E-state index contributed by atoms with van der Waals surface area (Å²) in [5.41, 5.74) is -0.800. The van der Waals surface area contributed by atoms with Gasteiger partial charge in [-0.3, -0.25) is 5.32 Å². The molecule has 1 N–H and O–H groups in total. The van der Waals surface area contributed by atoms with E-state index in [-0.39, 0.29) is 0 Å². The van der Waals surface area contributed by atoms with Crippen molar-refractivity contribution < 1.29 is 22.3 Å². The maximum atomic E-state index is 13.6. The molecule has 0 spiro atoms. The van der Waals surface area contributed by atoms with Crippen molar-refractivity contribution in [2.24, 2.45) is 0 Å². The molecule has 0 saturated carbocycles. The van der Waals surface area contributed by atoms with Gasteiger partial charge in [-0.05, 0) is 20.8 Å². The first kappa shape index (κ1) is 16.4. The highest BCUT2D eigenvalue weighted by Crippen LogP contribution is 2.18. The summed E-state index contributed by atoms with van der Waals surface area (Å²) in [7, 11) is -1.54. The summed E-state index contributed by atoms with van der Waals surface area (Å²) in [5, 5.41) is 5.43. The molecule has 0 aliphatic rings.